The fraction of sp³-hybridized carbons (Fsp3) is 0.684. The van der Waals surface area contributed by atoms with Gasteiger partial charge in [0.15, 0.2) is 0 Å². The van der Waals surface area contributed by atoms with Gasteiger partial charge in [-0.3, -0.25) is 0 Å². The average Bonchev–Trinajstić information content (AvgIpc) is 0.787. The number of rotatable bonds is 20. The minimum Gasteiger partial charge on any atom is -0.207 e. The Balaban J connectivity index is 1.76. The highest BCUT2D eigenvalue weighted by molar-refractivity contribution is 7.90. The van der Waals surface area contributed by atoms with Crippen LogP contribution in [0.5, 0.6) is 0 Å². The number of hydrogen-bond acceptors (Lipinski definition) is 8. The molecule has 4 aromatic rings. The summed E-state index contributed by atoms with van der Waals surface area (Å²) in [5.74, 6) is -0.189. The highest BCUT2D eigenvalue weighted by Crippen LogP contribution is 2.42. The third-order valence-corrected chi connectivity index (χ3v) is 27.1. The van der Waals surface area contributed by atoms with Gasteiger partial charge in [0.05, 0.1) is 19.6 Å². The van der Waals surface area contributed by atoms with E-state index in [1.54, 1.807) is 17.2 Å². The van der Waals surface area contributed by atoms with Gasteiger partial charge < -0.3 is 0 Å². The van der Waals surface area contributed by atoms with Crippen LogP contribution in [0.1, 0.15) is 355 Å². The predicted octanol–water partition coefficient (Wildman–Crippen LogP) is 19.4. The molecule has 0 radical (unpaired) electrons. The molecule has 520 valence electrons. The smallest absolute Gasteiger partial charge is 0.207 e. The molecule has 0 N–H and O–H groups in total. The third-order valence-electron chi connectivity index (χ3n) is 19.0. The van der Waals surface area contributed by atoms with E-state index in [-0.39, 0.29) is 123 Å². The molecule has 1 fully saturated rings. The Hall–Kier alpha value is -3.48. The van der Waals surface area contributed by atoms with Crippen LogP contribution in [-0.2, 0) is 40.1 Å². The molecule has 0 spiro atoms. The SMILES string of the molecule is CC(C)c1cc(C(C)C)c(S(=O)(=O)N2CCCCN(S(=O)(=O)c3c(C(C)C)cc(C(C)C)cc3C(C)C)CCCCN(S(=O)(=O)c3c(C(C)C)cc(C(C)C)cc3C(C)C)CCCCN(S(=O)(=O)c3c(C(C)C)cc(C(C)C)cc3C(C)C)CCCC2)c(C(C)C)c1. The zero-order valence-corrected chi connectivity index (χ0v) is 64.8. The highest BCUT2D eigenvalue weighted by atomic mass is 32.2. The summed E-state index contributed by atoms with van der Waals surface area (Å²) < 4.78 is 133. The van der Waals surface area contributed by atoms with Crippen molar-refractivity contribution in [3.63, 3.8) is 0 Å². The fourth-order valence-corrected chi connectivity index (χ4v) is 21.7. The van der Waals surface area contributed by atoms with E-state index in [0.717, 1.165) is 66.8 Å². The van der Waals surface area contributed by atoms with Crippen LogP contribution < -0.4 is 0 Å². The molecule has 0 atom stereocenters. The normalized spacial score (nSPS) is 16.9. The summed E-state index contributed by atoms with van der Waals surface area (Å²) in [6.45, 7) is 50.7. The van der Waals surface area contributed by atoms with Crippen LogP contribution in [-0.4, -0.2) is 103 Å². The van der Waals surface area contributed by atoms with Crippen molar-refractivity contribution >= 4 is 40.1 Å². The van der Waals surface area contributed by atoms with Gasteiger partial charge in [0.2, 0.25) is 40.1 Å². The predicted molar refractivity (Wildman–Crippen MR) is 387 cm³/mol. The largest absolute Gasteiger partial charge is 0.243 e. The Bertz CT molecular complexity index is 2970. The van der Waals surface area contributed by atoms with Crippen LogP contribution in [0.25, 0.3) is 0 Å². The Morgan fingerprint density at radius 2 is 0.315 bits per heavy atom. The summed E-state index contributed by atoms with van der Waals surface area (Å²) in [6, 6.07) is 16.5. The first-order chi connectivity index (χ1) is 42.6. The minimum atomic E-state index is -4.19. The van der Waals surface area contributed by atoms with E-state index in [1.807, 2.05) is 111 Å². The highest BCUT2D eigenvalue weighted by Gasteiger charge is 2.38. The van der Waals surface area contributed by atoms with Crippen molar-refractivity contribution in [2.75, 3.05) is 52.4 Å². The lowest BCUT2D eigenvalue weighted by Gasteiger charge is -2.31. The lowest BCUT2D eigenvalue weighted by atomic mass is 9.89. The van der Waals surface area contributed by atoms with E-state index in [2.05, 4.69) is 104 Å². The van der Waals surface area contributed by atoms with Crippen molar-refractivity contribution in [2.45, 2.75) is 308 Å². The maximum Gasteiger partial charge on any atom is 0.243 e. The van der Waals surface area contributed by atoms with Gasteiger partial charge in [0.1, 0.15) is 0 Å². The zero-order chi connectivity index (χ0) is 69.4. The van der Waals surface area contributed by atoms with Crippen LogP contribution in [0, 0.1) is 0 Å². The summed E-state index contributed by atoms with van der Waals surface area (Å²) in [4.78, 5) is 1.33. The molecule has 1 heterocycles. The van der Waals surface area contributed by atoms with Crippen molar-refractivity contribution < 1.29 is 33.7 Å². The van der Waals surface area contributed by atoms with Gasteiger partial charge in [0.25, 0.3) is 0 Å². The summed E-state index contributed by atoms with van der Waals surface area (Å²) >= 11 is 0. The van der Waals surface area contributed by atoms with E-state index in [0.29, 0.717) is 70.9 Å². The van der Waals surface area contributed by atoms with Gasteiger partial charge in [-0.1, -0.05) is 215 Å². The number of nitrogens with zero attached hydrogens (tertiary/aromatic N) is 4. The second-order valence-corrected chi connectivity index (χ2v) is 37.9. The first kappa shape index (κ1) is 79.2. The molecule has 0 unspecified atom stereocenters. The summed E-state index contributed by atoms with van der Waals surface area (Å²) in [5.41, 5.74) is 10.5. The molecule has 0 amide bonds. The van der Waals surface area contributed by atoms with E-state index in [1.165, 1.54) is 0 Å². The van der Waals surface area contributed by atoms with E-state index in [4.69, 9.17) is 0 Å². The van der Waals surface area contributed by atoms with Gasteiger partial charge in [-0.2, -0.15) is 17.2 Å². The zero-order valence-electron chi connectivity index (χ0n) is 61.5. The lowest BCUT2D eigenvalue weighted by molar-refractivity contribution is 0.330. The van der Waals surface area contributed by atoms with Crippen molar-refractivity contribution in [3.8, 4) is 0 Å². The molecule has 92 heavy (non-hydrogen) atoms. The summed E-state index contributed by atoms with van der Waals surface area (Å²) in [7, 11) is -16.8. The monoisotopic (exact) mass is 1350 g/mol. The molecule has 16 heteroatoms. The Morgan fingerprint density at radius 1 is 0.207 bits per heavy atom. The number of sulfonamides is 4. The molecule has 4 aromatic carbocycles. The first-order valence-corrected chi connectivity index (χ1v) is 41.1. The Labute approximate surface area is 563 Å². The van der Waals surface area contributed by atoms with Crippen LogP contribution >= 0.6 is 0 Å². The molecule has 0 bridgehead atoms. The Kier molecular flexibility index (Phi) is 28.6. The minimum absolute atomic E-state index is 0.109. The fourth-order valence-electron chi connectivity index (χ4n) is 13.0. The molecule has 0 aromatic heterocycles. The topological polar surface area (TPSA) is 150 Å². The third kappa shape index (κ3) is 18.6. The summed E-state index contributed by atoms with van der Waals surface area (Å²) in [6.07, 6.45) is 2.81. The molecular formula is C76H124N4O8S4. The van der Waals surface area contributed by atoms with Gasteiger partial charge in [-0.25, -0.2) is 33.7 Å². The molecule has 5 rings (SSSR count). The second-order valence-electron chi connectivity index (χ2n) is 30.4. The van der Waals surface area contributed by atoms with Gasteiger partial charge >= 0.3 is 0 Å². The van der Waals surface area contributed by atoms with Gasteiger partial charge in [-0.15, -0.1) is 0 Å². The molecule has 12 nitrogen and oxygen atoms in total. The van der Waals surface area contributed by atoms with Crippen LogP contribution in [0.2, 0.25) is 0 Å². The van der Waals surface area contributed by atoms with Gasteiger partial charge in [-0.05, 0) is 189 Å². The van der Waals surface area contributed by atoms with E-state index >= 15 is 33.7 Å². The molecule has 1 aliphatic heterocycles. The number of hydrogen-bond donors (Lipinski definition) is 0. The van der Waals surface area contributed by atoms with Gasteiger partial charge in [0, 0.05) is 52.4 Å². The van der Waals surface area contributed by atoms with Crippen LogP contribution in [0.4, 0.5) is 0 Å². The van der Waals surface area contributed by atoms with E-state index < -0.39 is 40.1 Å². The quantitative estimate of drug-likeness (QED) is 0.0849. The van der Waals surface area contributed by atoms with Crippen LogP contribution in [0.3, 0.4) is 0 Å². The van der Waals surface area contributed by atoms with Crippen LogP contribution in [0.15, 0.2) is 68.1 Å². The molecule has 1 aliphatic rings. The van der Waals surface area contributed by atoms with E-state index in [9.17, 15) is 0 Å². The summed E-state index contributed by atoms with van der Waals surface area (Å²) in [5, 5.41) is 0. The number of benzene rings is 4. The second kappa shape index (κ2) is 33.2. The molecule has 0 saturated carbocycles. The first-order valence-electron chi connectivity index (χ1n) is 35.3. The Morgan fingerprint density at radius 3 is 0.402 bits per heavy atom. The van der Waals surface area contributed by atoms with Crippen molar-refractivity contribution in [2.24, 2.45) is 0 Å². The van der Waals surface area contributed by atoms with Crippen molar-refractivity contribution in [3.05, 3.63) is 115 Å². The van der Waals surface area contributed by atoms with Crippen molar-refractivity contribution in [1.82, 2.24) is 17.2 Å². The standard InChI is InChI=1S/C76H124N4O8S4/c1-49(2)61-41-65(53(9)10)73(66(42-61)54(11)12)89(81,82)77-33-25-27-35-78(90(83,84)74-67(55(13)14)43-62(50(3)4)44-68(74)56(15)16)37-29-31-39-80(92(87,88)76-71(59(21)22)47-64(52(7)8)48-72(76)60(23)24)40-32-30-38-79(36-28-26-34-77)91(85,86)75-69(57(17)18)45-63(51(5)6)46-70(75)58(19)20/h41-60H,25-40H2,1-24H3. The van der Waals surface area contributed by atoms with Crippen molar-refractivity contribution in [1.29, 1.82) is 0 Å². The molecule has 1 saturated heterocycles. The maximum atomic E-state index is 15.9. The average molecular weight is 1350 g/mol. The maximum absolute atomic E-state index is 15.9. The lowest BCUT2D eigenvalue weighted by Crippen LogP contribution is -2.38. The molecule has 0 aliphatic carbocycles. The molecular weight excluding hydrogens is 1230 g/mol.